The highest BCUT2D eigenvalue weighted by Gasteiger charge is 2.16. The lowest BCUT2D eigenvalue weighted by molar-refractivity contribution is 0.0952. The molecule has 0 saturated carbocycles. The number of halogens is 3. The molecule has 0 aliphatic carbocycles. The molecule has 2 N–H and O–H groups in total. The van der Waals surface area contributed by atoms with Crippen LogP contribution in [0.1, 0.15) is 15.9 Å². The van der Waals surface area contributed by atoms with Gasteiger partial charge in [-0.1, -0.05) is 29.3 Å². The topological polar surface area (TPSA) is 115 Å². The van der Waals surface area contributed by atoms with E-state index in [4.69, 9.17) is 23.2 Å². The Morgan fingerprint density at radius 2 is 1.82 bits per heavy atom. The molecule has 0 unspecified atom stereocenters. The molecule has 0 atom stereocenters. The molecule has 12 heteroatoms. The van der Waals surface area contributed by atoms with Crippen LogP contribution < -0.4 is 16.2 Å². The van der Waals surface area contributed by atoms with Crippen LogP contribution in [0.2, 0.25) is 10.0 Å². The van der Waals surface area contributed by atoms with Crippen LogP contribution in [0.3, 0.4) is 0 Å². The SMILES string of the molecule is O=C(NCCn1c(=O)c(-c2cccnc2)nc2cnc(NCc3ccc(Cl)c(Cl)c3)nc21)c1ccc(F)cc1. The van der Waals surface area contributed by atoms with Crippen molar-refractivity contribution in [3.8, 4) is 11.3 Å². The number of aromatic nitrogens is 5. The number of rotatable bonds is 8. The molecule has 0 radical (unpaired) electrons. The number of carbonyl (C=O) groups is 1. The van der Waals surface area contributed by atoms with Crippen LogP contribution in [0.15, 0.2) is 78.0 Å². The van der Waals surface area contributed by atoms with E-state index in [1.165, 1.54) is 35.0 Å². The van der Waals surface area contributed by atoms with E-state index in [1.807, 2.05) is 6.07 Å². The quantitative estimate of drug-likeness (QED) is 0.280. The number of hydrogen-bond donors (Lipinski definition) is 2. The summed E-state index contributed by atoms with van der Waals surface area (Å²) < 4.78 is 14.6. The smallest absolute Gasteiger partial charge is 0.278 e. The van der Waals surface area contributed by atoms with Gasteiger partial charge in [0.05, 0.1) is 16.2 Å². The largest absolute Gasteiger partial charge is 0.350 e. The number of nitrogens with zero attached hydrogens (tertiary/aromatic N) is 5. The molecule has 1 amide bonds. The first kappa shape index (κ1) is 26.2. The van der Waals surface area contributed by atoms with Crippen molar-refractivity contribution in [1.29, 1.82) is 0 Å². The third kappa shape index (κ3) is 6.02. The van der Waals surface area contributed by atoms with E-state index < -0.39 is 17.3 Å². The lowest BCUT2D eigenvalue weighted by Gasteiger charge is -2.13. The minimum Gasteiger partial charge on any atom is -0.350 e. The summed E-state index contributed by atoms with van der Waals surface area (Å²) in [4.78, 5) is 43.5. The zero-order valence-corrected chi connectivity index (χ0v) is 21.7. The Balaban J connectivity index is 1.44. The van der Waals surface area contributed by atoms with Gasteiger partial charge in [-0.3, -0.25) is 19.1 Å². The Bertz CT molecular complexity index is 1710. The molecule has 39 heavy (non-hydrogen) atoms. The summed E-state index contributed by atoms with van der Waals surface area (Å²) in [6, 6.07) is 13.9. The number of amides is 1. The summed E-state index contributed by atoms with van der Waals surface area (Å²) in [7, 11) is 0. The summed E-state index contributed by atoms with van der Waals surface area (Å²) in [6.07, 6.45) is 4.67. The number of pyridine rings is 1. The zero-order valence-electron chi connectivity index (χ0n) is 20.2. The second-order valence-electron chi connectivity index (χ2n) is 8.43. The van der Waals surface area contributed by atoms with E-state index in [-0.39, 0.29) is 30.4 Å². The van der Waals surface area contributed by atoms with Gasteiger partial charge in [0.2, 0.25) is 5.95 Å². The molecule has 0 bridgehead atoms. The van der Waals surface area contributed by atoms with Crippen molar-refractivity contribution >= 4 is 46.2 Å². The van der Waals surface area contributed by atoms with Crippen LogP contribution in [0.25, 0.3) is 22.4 Å². The van der Waals surface area contributed by atoms with Gasteiger partial charge in [0.1, 0.15) is 17.0 Å². The lowest BCUT2D eigenvalue weighted by atomic mass is 10.2. The lowest BCUT2D eigenvalue weighted by Crippen LogP contribution is -2.32. The molecular formula is C27H20Cl2FN7O2. The Labute approximate surface area is 231 Å². The van der Waals surface area contributed by atoms with Crippen LogP contribution in [0.5, 0.6) is 0 Å². The van der Waals surface area contributed by atoms with Gasteiger partial charge in [-0.25, -0.2) is 14.4 Å². The number of hydrogen-bond acceptors (Lipinski definition) is 7. The molecule has 3 aromatic heterocycles. The third-order valence-corrected chi connectivity index (χ3v) is 6.52. The number of anilines is 1. The minimum absolute atomic E-state index is 0.0985. The van der Waals surface area contributed by atoms with Crippen LogP contribution in [-0.4, -0.2) is 37.0 Å². The molecule has 0 aliphatic heterocycles. The Kier molecular flexibility index (Phi) is 7.76. The van der Waals surface area contributed by atoms with Gasteiger partial charge in [0.25, 0.3) is 11.5 Å². The number of nitrogens with one attached hydrogen (secondary N) is 2. The maximum atomic E-state index is 13.5. The molecule has 3 heterocycles. The van der Waals surface area contributed by atoms with Crippen molar-refractivity contribution in [2.45, 2.75) is 13.1 Å². The van der Waals surface area contributed by atoms with Gasteiger partial charge >= 0.3 is 0 Å². The fraction of sp³-hybridized carbons (Fsp3) is 0.111. The van der Waals surface area contributed by atoms with Gasteiger partial charge in [0.15, 0.2) is 5.65 Å². The number of fused-ring (bicyclic) bond motifs is 1. The molecule has 5 rings (SSSR count). The average molecular weight is 564 g/mol. The fourth-order valence-electron chi connectivity index (χ4n) is 3.84. The summed E-state index contributed by atoms with van der Waals surface area (Å²) in [5.74, 6) is -0.562. The van der Waals surface area contributed by atoms with E-state index in [0.717, 1.165) is 5.56 Å². The summed E-state index contributed by atoms with van der Waals surface area (Å²) in [6.45, 7) is 0.570. The minimum atomic E-state index is -0.437. The second-order valence-corrected chi connectivity index (χ2v) is 9.24. The zero-order chi connectivity index (χ0) is 27.4. The molecule has 0 aliphatic rings. The predicted molar refractivity (Wildman–Crippen MR) is 147 cm³/mol. The molecular weight excluding hydrogens is 544 g/mol. The first-order valence-electron chi connectivity index (χ1n) is 11.8. The summed E-state index contributed by atoms with van der Waals surface area (Å²) in [5, 5.41) is 6.75. The predicted octanol–water partition coefficient (Wildman–Crippen LogP) is 4.74. The van der Waals surface area contributed by atoms with Gasteiger partial charge in [-0.05, 0) is 54.1 Å². The molecule has 0 fully saturated rings. The van der Waals surface area contributed by atoms with Crippen LogP contribution in [0, 0.1) is 5.82 Å². The van der Waals surface area contributed by atoms with Gasteiger partial charge in [0, 0.05) is 43.2 Å². The van der Waals surface area contributed by atoms with Crippen molar-refractivity contribution < 1.29 is 9.18 Å². The highest BCUT2D eigenvalue weighted by atomic mass is 35.5. The maximum absolute atomic E-state index is 13.5. The van der Waals surface area contributed by atoms with Crippen molar-refractivity contribution in [3.63, 3.8) is 0 Å². The van der Waals surface area contributed by atoms with E-state index in [1.54, 1.807) is 36.7 Å². The Morgan fingerprint density at radius 3 is 2.56 bits per heavy atom. The normalized spacial score (nSPS) is 10.9. The van der Waals surface area contributed by atoms with Crippen molar-refractivity contribution in [3.05, 3.63) is 111 Å². The van der Waals surface area contributed by atoms with Crippen LogP contribution in [0.4, 0.5) is 10.3 Å². The third-order valence-electron chi connectivity index (χ3n) is 5.78. The van der Waals surface area contributed by atoms with Crippen molar-refractivity contribution in [2.24, 2.45) is 0 Å². The first-order chi connectivity index (χ1) is 18.9. The van der Waals surface area contributed by atoms with E-state index in [0.29, 0.717) is 33.2 Å². The fourth-order valence-corrected chi connectivity index (χ4v) is 4.16. The molecule has 5 aromatic rings. The standard InChI is InChI=1S/C27H20Cl2FN7O2/c28-20-8-3-16(12-21(20)29)13-33-27-34-15-22-24(36-27)37(26(39)23(35-22)18-2-1-9-31-14-18)11-10-32-25(38)17-4-6-19(30)7-5-17/h1-9,12,14-15H,10-11,13H2,(H,32,38)(H,33,34,36). The summed E-state index contributed by atoms with van der Waals surface area (Å²) >= 11 is 12.1. The van der Waals surface area contributed by atoms with Gasteiger partial charge < -0.3 is 10.6 Å². The Morgan fingerprint density at radius 1 is 1.00 bits per heavy atom. The second kappa shape index (κ2) is 11.5. The monoisotopic (exact) mass is 563 g/mol. The molecule has 9 nitrogen and oxygen atoms in total. The van der Waals surface area contributed by atoms with E-state index in [2.05, 4.69) is 30.6 Å². The van der Waals surface area contributed by atoms with Gasteiger partial charge in [-0.15, -0.1) is 0 Å². The maximum Gasteiger partial charge on any atom is 0.278 e. The van der Waals surface area contributed by atoms with E-state index in [9.17, 15) is 14.0 Å². The average Bonchev–Trinajstić information content (AvgIpc) is 2.95. The molecule has 2 aromatic carbocycles. The number of carbonyl (C=O) groups excluding carboxylic acids is 1. The van der Waals surface area contributed by atoms with Crippen molar-refractivity contribution in [2.75, 3.05) is 11.9 Å². The van der Waals surface area contributed by atoms with Crippen molar-refractivity contribution in [1.82, 2.24) is 29.8 Å². The number of benzene rings is 2. The first-order valence-corrected chi connectivity index (χ1v) is 12.5. The molecule has 0 spiro atoms. The van der Waals surface area contributed by atoms with Crippen LogP contribution >= 0.6 is 23.2 Å². The van der Waals surface area contributed by atoms with Gasteiger partial charge in [-0.2, -0.15) is 4.98 Å². The Hall–Kier alpha value is -4.41. The molecule has 0 saturated heterocycles. The highest BCUT2D eigenvalue weighted by molar-refractivity contribution is 6.42. The molecule has 196 valence electrons. The highest BCUT2D eigenvalue weighted by Crippen LogP contribution is 2.23. The van der Waals surface area contributed by atoms with Crippen LogP contribution in [-0.2, 0) is 13.1 Å². The van der Waals surface area contributed by atoms with E-state index >= 15 is 0 Å². The summed E-state index contributed by atoms with van der Waals surface area (Å²) in [5.41, 5.74) is 2.15.